The normalized spacial score (nSPS) is 10.2. The van der Waals surface area contributed by atoms with E-state index in [2.05, 4.69) is 45.4 Å². The molecule has 0 atom stereocenters. The van der Waals surface area contributed by atoms with E-state index in [0.717, 1.165) is 33.8 Å². The van der Waals surface area contributed by atoms with Crippen LogP contribution in [0.25, 0.3) is 11.3 Å². The fraction of sp³-hybridized carbons (Fsp3) is 0.160. The van der Waals surface area contributed by atoms with Crippen molar-refractivity contribution < 1.29 is 4.74 Å². The smallest absolute Gasteiger partial charge is 0.137 e. The number of nitrogens with one attached hydrogen (secondary N) is 1. The maximum absolute atomic E-state index is 5.67. The third-order valence-electron chi connectivity index (χ3n) is 4.65. The maximum Gasteiger partial charge on any atom is 0.137 e. The molecular weight excluding hydrogens is 386 g/mol. The molecule has 1 N–H and O–H groups in total. The molecule has 4 rings (SSSR count). The first-order valence-corrected chi connectivity index (χ1v) is 10.1. The lowest BCUT2D eigenvalue weighted by Crippen LogP contribution is -2.08. The largest absolute Gasteiger partial charge is 0.490 e. The molecule has 0 saturated carbocycles. The lowest BCUT2D eigenvalue weighted by molar-refractivity contribution is 0.288. The molecule has 0 aliphatic heterocycles. The van der Waals surface area contributed by atoms with Crippen LogP contribution >= 0.6 is 0 Å². The number of para-hydroxylation sites is 1. The van der Waals surface area contributed by atoms with Gasteiger partial charge in [0.25, 0.3) is 0 Å². The van der Waals surface area contributed by atoms with Gasteiger partial charge < -0.3 is 10.1 Å². The summed E-state index contributed by atoms with van der Waals surface area (Å²) >= 11 is 0. The maximum atomic E-state index is 5.67. The summed E-state index contributed by atoms with van der Waals surface area (Å²) in [4.78, 5) is 4.04. The van der Waals surface area contributed by atoms with E-state index in [0.29, 0.717) is 19.7 Å². The van der Waals surface area contributed by atoms with Crippen molar-refractivity contribution in [3.63, 3.8) is 0 Å². The number of benzene rings is 2. The van der Waals surface area contributed by atoms with Gasteiger partial charge in [0.2, 0.25) is 0 Å². The van der Waals surface area contributed by atoms with Crippen LogP contribution in [-0.4, -0.2) is 33.1 Å². The van der Waals surface area contributed by atoms with Gasteiger partial charge in [0.15, 0.2) is 0 Å². The van der Waals surface area contributed by atoms with Crippen LogP contribution in [0.2, 0.25) is 0 Å². The first kappa shape index (κ1) is 20.2. The zero-order valence-corrected chi connectivity index (χ0v) is 17.3. The van der Waals surface area contributed by atoms with Crippen LogP contribution < -0.4 is 10.1 Å². The monoisotopic (exact) mass is 409 g/mol. The number of anilines is 1. The molecule has 0 spiro atoms. The molecular formula is C25H23N5O. The highest BCUT2D eigenvalue weighted by atomic mass is 16.5. The van der Waals surface area contributed by atoms with Crippen molar-refractivity contribution in [2.75, 3.05) is 18.5 Å². The minimum atomic E-state index is 0.499. The van der Waals surface area contributed by atoms with Crippen LogP contribution in [0.5, 0.6) is 5.75 Å². The number of hydrogen-bond donors (Lipinski definition) is 1. The van der Waals surface area contributed by atoms with Gasteiger partial charge in [0, 0.05) is 23.0 Å². The van der Waals surface area contributed by atoms with E-state index in [1.165, 1.54) is 0 Å². The van der Waals surface area contributed by atoms with Crippen LogP contribution in [0.3, 0.4) is 0 Å². The van der Waals surface area contributed by atoms with Crippen molar-refractivity contribution in [2.24, 2.45) is 0 Å². The Balaban J connectivity index is 1.33. The minimum Gasteiger partial charge on any atom is -0.490 e. The summed E-state index contributed by atoms with van der Waals surface area (Å²) in [6.07, 6.45) is 5.35. The SMILES string of the molecule is Cc1cc(C#CCNc2ccccc2)ccc1-c1cn(CCOc2cccnc2)nn1. The Kier molecular flexibility index (Phi) is 6.56. The van der Waals surface area contributed by atoms with E-state index in [1.807, 2.05) is 60.8 Å². The first-order valence-electron chi connectivity index (χ1n) is 10.1. The molecule has 0 saturated heterocycles. The predicted octanol–water partition coefficient (Wildman–Crippen LogP) is 4.19. The van der Waals surface area contributed by atoms with E-state index in [-0.39, 0.29) is 0 Å². The summed E-state index contributed by atoms with van der Waals surface area (Å²) in [6.45, 7) is 3.77. The molecule has 2 aromatic heterocycles. The second-order valence-electron chi connectivity index (χ2n) is 6.96. The fourth-order valence-corrected chi connectivity index (χ4v) is 3.10. The molecule has 4 aromatic rings. The van der Waals surface area contributed by atoms with Crippen molar-refractivity contribution in [2.45, 2.75) is 13.5 Å². The molecule has 2 aromatic carbocycles. The molecule has 0 fully saturated rings. The molecule has 0 aliphatic carbocycles. The van der Waals surface area contributed by atoms with Crippen LogP contribution in [0.15, 0.2) is 79.3 Å². The van der Waals surface area contributed by atoms with Gasteiger partial charge in [0.1, 0.15) is 18.1 Å². The van der Waals surface area contributed by atoms with Crippen molar-refractivity contribution in [1.82, 2.24) is 20.0 Å². The van der Waals surface area contributed by atoms with Gasteiger partial charge in [-0.1, -0.05) is 41.3 Å². The van der Waals surface area contributed by atoms with Crippen LogP contribution in [0.1, 0.15) is 11.1 Å². The minimum absolute atomic E-state index is 0.499. The Morgan fingerprint density at radius 3 is 2.77 bits per heavy atom. The molecule has 0 unspecified atom stereocenters. The van der Waals surface area contributed by atoms with Crippen molar-refractivity contribution in [1.29, 1.82) is 0 Å². The van der Waals surface area contributed by atoms with E-state index < -0.39 is 0 Å². The van der Waals surface area contributed by atoms with Gasteiger partial charge in [-0.15, -0.1) is 5.10 Å². The quantitative estimate of drug-likeness (QED) is 0.464. The summed E-state index contributed by atoms with van der Waals surface area (Å²) in [5.74, 6) is 7.12. The molecule has 0 amide bonds. The lowest BCUT2D eigenvalue weighted by atomic mass is 10.0. The summed E-state index contributed by atoms with van der Waals surface area (Å²) in [7, 11) is 0. The van der Waals surface area contributed by atoms with Gasteiger partial charge in [-0.05, 0) is 48.9 Å². The molecule has 2 heterocycles. The Hall–Kier alpha value is -4.11. The fourth-order valence-electron chi connectivity index (χ4n) is 3.10. The Morgan fingerprint density at radius 2 is 1.97 bits per heavy atom. The van der Waals surface area contributed by atoms with Crippen molar-refractivity contribution in [3.05, 3.63) is 90.4 Å². The predicted molar refractivity (Wildman–Crippen MR) is 122 cm³/mol. The average Bonchev–Trinajstić information content (AvgIpc) is 3.27. The van der Waals surface area contributed by atoms with Gasteiger partial charge in [-0.25, -0.2) is 4.68 Å². The van der Waals surface area contributed by atoms with Gasteiger partial charge in [-0.2, -0.15) is 0 Å². The molecule has 0 bridgehead atoms. The number of aromatic nitrogens is 4. The first-order chi connectivity index (χ1) is 15.3. The Morgan fingerprint density at radius 1 is 1.06 bits per heavy atom. The molecule has 31 heavy (non-hydrogen) atoms. The molecule has 6 nitrogen and oxygen atoms in total. The van der Waals surface area contributed by atoms with Gasteiger partial charge in [-0.3, -0.25) is 4.98 Å². The zero-order valence-electron chi connectivity index (χ0n) is 17.3. The Bertz CT molecular complexity index is 1180. The van der Waals surface area contributed by atoms with Crippen LogP contribution in [-0.2, 0) is 6.54 Å². The number of aryl methyl sites for hydroxylation is 1. The molecule has 0 radical (unpaired) electrons. The summed E-state index contributed by atoms with van der Waals surface area (Å²) in [5.41, 5.74) is 5.05. The summed E-state index contributed by atoms with van der Waals surface area (Å²) in [5, 5.41) is 11.8. The second-order valence-corrected chi connectivity index (χ2v) is 6.96. The number of ether oxygens (including phenoxy) is 1. The number of rotatable bonds is 7. The van der Waals surface area contributed by atoms with E-state index in [4.69, 9.17) is 4.74 Å². The van der Waals surface area contributed by atoms with Gasteiger partial charge in [0.05, 0.1) is 25.5 Å². The van der Waals surface area contributed by atoms with E-state index in [9.17, 15) is 0 Å². The third-order valence-corrected chi connectivity index (χ3v) is 4.65. The highest BCUT2D eigenvalue weighted by Crippen LogP contribution is 2.22. The Labute approximate surface area is 181 Å². The highest BCUT2D eigenvalue weighted by molar-refractivity contribution is 5.64. The standard InChI is InChI=1S/C25H23N5O/c1-20-17-21(7-5-14-27-22-8-3-2-4-9-22)11-12-24(20)25-19-30(29-28-25)15-16-31-23-10-6-13-26-18-23/h2-4,6,8-13,17-19,27H,14-16H2,1H3. The second kappa shape index (κ2) is 10.1. The van der Waals surface area contributed by atoms with Crippen molar-refractivity contribution in [3.8, 4) is 28.8 Å². The number of nitrogens with zero attached hydrogens (tertiary/aromatic N) is 4. The summed E-state index contributed by atoms with van der Waals surface area (Å²) < 4.78 is 7.45. The van der Waals surface area contributed by atoms with Crippen molar-refractivity contribution >= 4 is 5.69 Å². The molecule has 154 valence electrons. The number of hydrogen-bond acceptors (Lipinski definition) is 5. The zero-order chi connectivity index (χ0) is 21.3. The highest BCUT2D eigenvalue weighted by Gasteiger charge is 2.07. The number of pyridine rings is 1. The van der Waals surface area contributed by atoms with Crippen LogP contribution in [0, 0.1) is 18.8 Å². The van der Waals surface area contributed by atoms with Crippen LogP contribution in [0.4, 0.5) is 5.69 Å². The molecule has 6 heteroatoms. The average molecular weight is 409 g/mol. The molecule has 0 aliphatic rings. The van der Waals surface area contributed by atoms with E-state index in [1.54, 1.807) is 17.1 Å². The topological polar surface area (TPSA) is 64.9 Å². The summed E-state index contributed by atoms with van der Waals surface area (Å²) in [6, 6.07) is 19.9. The lowest BCUT2D eigenvalue weighted by Gasteiger charge is -2.05. The van der Waals surface area contributed by atoms with Gasteiger partial charge >= 0.3 is 0 Å². The van der Waals surface area contributed by atoms with E-state index >= 15 is 0 Å². The third kappa shape index (κ3) is 5.71.